The summed E-state index contributed by atoms with van der Waals surface area (Å²) in [5.74, 6) is -0.0188. The average Bonchev–Trinajstić information content (AvgIpc) is 2.60. The highest BCUT2D eigenvalue weighted by molar-refractivity contribution is 6.22. The highest BCUT2D eigenvalue weighted by Crippen LogP contribution is 2.45. The maximum absolute atomic E-state index is 12.8. The van der Waals surface area contributed by atoms with E-state index in [0.717, 1.165) is 38.5 Å². The summed E-state index contributed by atoms with van der Waals surface area (Å²) < 4.78 is 0. The van der Waals surface area contributed by atoms with E-state index in [1.54, 1.807) is 12.1 Å². The third kappa shape index (κ3) is 2.09. The second kappa shape index (κ2) is 4.93. The molecule has 2 aliphatic rings. The van der Waals surface area contributed by atoms with Crippen molar-refractivity contribution >= 4 is 17.5 Å². The maximum atomic E-state index is 12.8. The van der Waals surface area contributed by atoms with Gasteiger partial charge in [0.1, 0.15) is 5.75 Å². The normalized spacial score (nSPS) is 22.3. The Morgan fingerprint density at radius 2 is 1.55 bits per heavy atom. The van der Waals surface area contributed by atoms with E-state index in [9.17, 15) is 14.7 Å². The molecule has 20 heavy (non-hydrogen) atoms. The van der Waals surface area contributed by atoms with Crippen LogP contribution in [0.4, 0.5) is 5.69 Å². The van der Waals surface area contributed by atoms with Crippen molar-refractivity contribution in [3.63, 3.8) is 0 Å². The number of benzene rings is 1. The number of anilines is 1. The molecule has 0 atom stereocenters. The molecule has 4 heteroatoms. The van der Waals surface area contributed by atoms with Crippen LogP contribution < -0.4 is 4.90 Å². The number of rotatable bonds is 1. The van der Waals surface area contributed by atoms with Gasteiger partial charge >= 0.3 is 0 Å². The molecule has 1 aromatic carbocycles. The average molecular weight is 273 g/mol. The van der Waals surface area contributed by atoms with Gasteiger partial charge in [0.2, 0.25) is 11.8 Å². The molecule has 3 rings (SSSR count). The highest BCUT2D eigenvalue weighted by atomic mass is 16.3. The molecule has 0 unspecified atom stereocenters. The molecule has 2 fully saturated rings. The first-order valence-corrected chi connectivity index (χ1v) is 7.29. The monoisotopic (exact) mass is 273 g/mol. The molecule has 0 aromatic heterocycles. The highest BCUT2D eigenvalue weighted by Gasteiger charge is 2.51. The minimum atomic E-state index is -0.467. The summed E-state index contributed by atoms with van der Waals surface area (Å²) in [5, 5.41) is 9.32. The Morgan fingerprint density at radius 1 is 0.950 bits per heavy atom. The van der Waals surface area contributed by atoms with Gasteiger partial charge in [-0.3, -0.25) is 14.5 Å². The van der Waals surface area contributed by atoms with Gasteiger partial charge in [-0.25, -0.2) is 0 Å². The molecule has 1 saturated heterocycles. The molecular formula is C16H19NO3. The van der Waals surface area contributed by atoms with Crippen LogP contribution in [0.1, 0.15) is 44.9 Å². The van der Waals surface area contributed by atoms with Gasteiger partial charge < -0.3 is 5.11 Å². The molecule has 1 aliphatic heterocycles. The lowest BCUT2D eigenvalue weighted by Gasteiger charge is -2.25. The summed E-state index contributed by atoms with van der Waals surface area (Å²) >= 11 is 0. The van der Waals surface area contributed by atoms with Gasteiger partial charge in [0.25, 0.3) is 0 Å². The van der Waals surface area contributed by atoms with E-state index >= 15 is 0 Å². The Balaban J connectivity index is 1.91. The van der Waals surface area contributed by atoms with E-state index in [2.05, 4.69) is 0 Å². The van der Waals surface area contributed by atoms with E-state index in [4.69, 9.17) is 0 Å². The Kier molecular flexibility index (Phi) is 3.24. The number of carbonyl (C=O) groups excluding carboxylic acids is 2. The van der Waals surface area contributed by atoms with Crippen molar-refractivity contribution < 1.29 is 14.7 Å². The van der Waals surface area contributed by atoms with Crippen LogP contribution in [-0.2, 0) is 9.59 Å². The van der Waals surface area contributed by atoms with Crippen LogP contribution in [0.2, 0.25) is 0 Å². The van der Waals surface area contributed by atoms with Crippen molar-refractivity contribution in [2.45, 2.75) is 44.9 Å². The number of amides is 2. The van der Waals surface area contributed by atoms with E-state index in [0.29, 0.717) is 12.1 Å². The smallest absolute Gasteiger partial charge is 0.240 e. The fraction of sp³-hybridized carbons (Fsp3) is 0.500. The largest absolute Gasteiger partial charge is 0.508 e. The van der Waals surface area contributed by atoms with Crippen molar-refractivity contribution in [1.29, 1.82) is 0 Å². The van der Waals surface area contributed by atoms with Crippen molar-refractivity contribution in [1.82, 2.24) is 0 Å². The molecule has 4 nitrogen and oxygen atoms in total. The Labute approximate surface area is 118 Å². The number of hydrogen-bond acceptors (Lipinski definition) is 3. The maximum Gasteiger partial charge on any atom is 0.240 e. The van der Waals surface area contributed by atoms with E-state index < -0.39 is 5.41 Å². The van der Waals surface area contributed by atoms with Crippen molar-refractivity contribution in [3.8, 4) is 5.75 Å². The third-order valence-electron chi connectivity index (χ3n) is 4.56. The molecule has 1 aromatic rings. The van der Waals surface area contributed by atoms with Crippen molar-refractivity contribution in [2.24, 2.45) is 5.41 Å². The molecular weight excluding hydrogens is 254 g/mol. The number of carbonyl (C=O) groups is 2. The summed E-state index contributed by atoms with van der Waals surface area (Å²) in [5.41, 5.74) is 0.102. The lowest BCUT2D eigenvalue weighted by Crippen LogP contribution is -2.35. The molecule has 0 bridgehead atoms. The molecule has 0 radical (unpaired) electrons. The zero-order chi connectivity index (χ0) is 14.2. The summed E-state index contributed by atoms with van der Waals surface area (Å²) in [6.45, 7) is 0. The lowest BCUT2D eigenvalue weighted by molar-refractivity contribution is -0.126. The Bertz CT molecular complexity index is 527. The fourth-order valence-corrected chi connectivity index (χ4v) is 3.45. The van der Waals surface area contributed by atoms with Crippen LogP contribution >= 0.6 is 0 Å². The van der Waals surface area contributed by atoms with Crippen LogP contribution in [-0.4, -0.2) is 16.9 Å². The number of aromatic hydroxyl groups is 1. The van der Waals surface area contributed by atoms with E-state index in [1.807, 2.05) is 0 Å². The first kappa shape index (κ1) is 13.2. The van der Waals surface area contributed by atoms with Gasteiger partial charge in [-0.15, -0.1) is 0 Å². The van der Waals surface area contributed by atoms with Gasteiger partial charge in [-0.05, 0) is 37.1 Å². The Hall–Kier alpha value is -1.84. The standard InChI is InChI=1S/C16H19NO3/c18-13-7-5-12(6-8-13)17-14(19)11-16(15(17)20)9-3-1-2-4-10-16/h5-8,18H,1-4,9-11H2. The van der Waals surface area contributed by atoms with Crippen molar-refractivity contribution in [2.75, 3.05) is 4.90 Å². The van der Waals surface area contributed by atoms with Gasteiger partial charge in [-0.1, -0.05) is 25.7 Å². The Morgan fingerprint density at radius 3 is 2.15 bits per heavy atom. The minimum Gasteiger partial charge on any atom is -0.508 e. The molecule has 1 spiro atoms. The molecule has 1 N–H and O–H groups in total. The van der Waals surface area contributed by atoms with Gasteiger partial charge in [0.15, 0.2) is 0 Å². The summed E-state index contributed by atoms with van der Waals surface area (Å²) in [6, 6.07) is 6.27. The third-order valence-corrected chi connectivity index (χ3v) is 4.56. The molecule has 1 heterocycles. The second-order valence-corrected chi connectivity index (χ2v) is 5.92. The number of hydrogen-bond donors (Lipinski definition) is 1. The van der Waals surface area contributed by atoms with Crippen LogP contribution in [0.25, 0.3) is 0 Å². The van der Waals surface area contributed by atoms with Gasteiger partial charge in [-0.2, -0.15) is 0 Å². The van der Waals surface area contributed by atoms with Crippen LogP contribution in [0.3, 0.4) is 0 Å². The number of phenolic OH excluding ortho intramolecular Hbond substituents is 1. The van der Waals surface area contributed by atoms with Crippen LogP contribution in [0, 0.1) is 5.41 Å². The van der Waals surface area contributed by atoms with E-state index in [-0.39, 0.29) is 17.6 Å². The zero-order valence-electron chi connectivity index (χ0n) is 11.5. The van der Waals surface area contributed by atoms with Crippen molar-refractivity contribution in [3.05, 3.63) is 24.3 Å². The molecule has 2 amide bonds. The predicted octanol–water partition coefficient (Wildman–Crippen LogP) is 3.00. The summed E-state index contributed by atoms with van der Waals surface area (Å²) in [7, 11) is 0. The topological polar surface area (TPSA) is 57.6 Å². The van der Waals surface area contributed by atoms with E-state index in [1.165, 1.54) is 17.0 Å². The summed E-state index contributed by atoms with van der Waals surface area (Å²) in [4.78, 5) is 26.4. The fourth-order valence-electron chi connectivity index (χ4n) is 3.45. The summed E-state index contributed by atoms with van der Waals surface area (Å²) in [6.07, 6.45) is 6.36. The van der Waals surface area contributed by atoms with Crippen LogP contribution in [0.15, 0.2) is 24.3 Å². The lowest BCUT2D eigenvalue weighted by atomic mass is 9.79. The molecule has 106 valence electrons. The number of phenols is 1. The van der Waals surface area contributed by atoms with Gasteiger partial charge in [0, 0.05) is 6.42 Å². The second-order valence-electron chi connectivity index (χ2n) is 5.92. The SMILES string of the molecule is O=C1CC2(CCCCCC2)C(=O)N1c1ccc(O)cc1. The quantitative estimate of drug-likeness (QED) is 0.800. The first-order valence-electron chi connectivity index (χ1n) is 7.29. The molecule has 1 aliphatic carbocycles. The number of imide groups is 1. The van der Waals surface area contributed by atoms with Crippen LogP contribution in [0.5, 0.6) is 5.75 Å². The first-order chi connectivity index (χ1) is 9.62. The minimum absolute atomic E-state index is 0.0462. The zero-order valence-corrected chi connectivity index (χ0v) is 11.5. The number of nitrogens with zero attached hydrogens (tertiary/aromatic N) is 1. The van der Waals surface area contributed by atoms with Gasteiger partial charge in [0.05, 0.1) is 11.1 Å². The molecule has 1 saturated carbocycles. The predicted molar refractivity (Wildman–Crippen MR) is 75.4 cm³/mol.